The number of β-amino-alcohol motifs (C(OH)–C–C–N with tert-alkyl or cyclic N) is 1. The molecule has 0 saturated carbocycles. The van der Waals surface area contributed by atoms with Crippen LogP contribution in [-0.2, 0) is 4.74 Å². The number of ether oxygens (including phenoxy) is 1. The molecule has 1 aliphatic heterocycles. The first kappa shape index (κ1) is 14.8. The van der Waals surface area contributed by atoms with Crippen molar-refractivity contribution in [1.29, 1.82) is 0 Å². The molecule has 5 nitrogen and oxygen atoms in total. The second kappa shape index (κ2) is 5.40. The molecule has 1 aliphatic rings. The van der Waals surface area contributed by atoms with Crippen molar-refractivity contribution in [2.75, 3.05) is 13.1 Å². The van der Waals surface area contributed by atoms with Crippen LogP contribution in [0, 0.1) is 6.92 Å². The second-order valence-electron chi connectivity index (χ2n) is 6.29. The number of carbonyl (C=O) groups is 1. The number of aliphatic hydroxyl groups is 1. The van der Waals surface area contributed by atoms with Crippen molar-refractivity contribution in [2.45, 2.75) is 45.3 Å². The Balaban J connectivity index is 2.10. The maximum atomic E-state index is 12.0. The van der Waals surface area contributed by atoms with Crippen LogP contribution in [0.4, 0.5) is 4.79 Å². The highest BCUT2D eigenvalue weighted by Gasteiger charge is 2.37. The van der Waals surface area contributed by atoms with Crippen LogP contribution in [0.3, 0.4) is 0 Å². The average molecular weight is 278 g/mol. The van der Waals surface area contributed by atoms with Crippen LogP contribution in [-0.4, -0.2) is 45.9 Å². The van der Waals surface area contributed by atoms with Gasteiger partial charge in [0.15, 0.2) is 0 Å². The van der Waals surface area contributed by atoms with Crippen molar-refractivity contribution in [3.63, 3.8) is 0 Å². The number of rotatable bonds is 1. The van der Waals surface area contributed by atoms with Crippen LogP contribution < -0.4 is 0 Å². The number of carbonyl (C=O) groups excluding carboxylic acids is 1. The van der Waals surface area contributed by atoms with Crippen LogP contribution in [0.5, 0.6) is 0 Å². The van der Waals surface area contributed by atoms with Gasteiger partial charge in [0.05, 0.1) is 12.6 Å². The highest BCUT2D eigenvalue weighted by Crippen LogP contribution is 2.30. The Bertz CT molecular complexity index is 496. The van der Waals surface area contributed by atoms with Crippen LogP contribution in [0.2, 0.25) is 0 Å². The largest absolute Gasteiger partial charge is 0.444 e. The summed E-state index contributed by atoms with van der Waals surface area (Å²) >= 11 is 0. The van der Waals surface area contributed by atoms with E-state index in [1.54, 1.807) is 17.3 Å². The molecule has 1 aromatic rings. The minimum atomic E-state index is -0.578. The minimum absolute atomic E-state index is 0.101. The summed E-state index contributed by atoms with van der Waals surface area (Å²) in [4.78, 5) is 17.7. The van der Waals surface area contributed by atoms with Crippen LogP contribution in [0.15, 0.2) is 18.5 Å². The van der Waals surface area contributed by atoms with Crippen molar-refractivity contribution in [3.8, 4) is 0 Å². The van der Waals surface area contributed by atoms with E-state index in [9.17, 15) is 9.90 Å². The summed E-state index contributed by atoms with van der Waals surface area (Å²) in [7, 11) is 0. The van der Waals surface area contributed by atoms with E-state index < -0.39 is 11.7 Å². The molecule has 2 atom stereocenters. The molecule has 1 amide bonds. The smallest absolute Gasteiger partial charge is 0.410 e. The lowest BCUT2D eigenvalue weighted by molar-refractivity contribution is 0.0270. The first-order valence-corrected chi connectivity index (χ1v) is 6.84. The topological polar surface area (TPSA) is 62.7 Å². The van der Waals surface area contributed by atoms with E-state index in [1.165, 1.54) is 0 Å². The molecule has 2 rings (SSSR count). The third-order valence-corrected chi connectivity index (χ3v) is 3.42. The van der Waals surface area contributed by atoms with Gasteiger partial charge in [0.2, 0.25) is 0 Å². The van der Waals surface area contributed by atoms with Crippen molar-refractivity contribution in [2.24, 2.45) is 0 Å². The molecule has 20 heavy (non-hydrogen) atoms. The van der Waals surface area contributed by atoms with Gasteiger partial charge < -0.3 is 14.7 Å². The summed E-state index contributed by atoms with van der Waals surface area (Å²) in [6.45, 7) is 8.25. The van der Waals surface area contributed by atoms with Gasteiger partial charge in [-0.15, -0.1) is 0 Å². The number of amides is 1. The number of aryl methyl sites for hydroxylation is 1. The first-order valence-electron chi connectivity index (χ1n) is 6.84. The molecule has 0 bridgehead atoms. The van der Waals surface area contributed by atoms with Crippen LogP contribution >= 0.6 is 0 Å². The first-order chi connectivity index (χ1) is 9.28. The standard InChI is InChI=1S/C15H22N2O3/c1-10-5-6-16-7-11(10)12-8-17(9-13(12)18)14(19)20-15(2,3)4/h5-7,12-13,18H,8-9H2,1-4H3/t12-,13+/m0/s1. The quantitative estimate of drug-likeness (QED) is 0.854. The highest BCUT2D eigenvalue weighted by molar-refractivity contribution is 5.69. The van der Waals surface area contributed by atoms with E-state index in [2.05, 4.69) is 4.98 Å². The summed E-state index contributed by atoms with van der Waals surface area (Å²) in [5.74, 6) is -0.101. The number of hydrogen-bond acceptors (Lipinski definition) is 4. The summed E-state index contributed by atoms with van der Waals surface area (Å²) in [5.41, 5.74) is 1.55. The third kappa shape index (κ3) is 3.28. The second-order valence-corrected chi connectivity index (χ2v) is 6.29. The Morgan fingerprint density at radius 1 is 1.45 bits per heavy atom. The van der Waals surface area contributed by atoms with Gasteiger partial charge in [0.1, 0.15) is 5.60 Å². The fourth-order valence-electron chi connectivity index (χ4n) is 2.43. The van der Waals surface area contributed by atoms with E-state index in [0.717, 1.165) is 11.1 Å². The lowest BCUT2D eigenvalue weighted by Gasteiger charge is -2.24. The molecule has 1 aromatic heterocycles. The fourth-order valence-corrected chi connectivity index (χ4v) is 2.43. The number of nitrogens with zero attached hydrogens (tertiary/aromatic N) is 2. The Kier molecular flexibility index (Phi) is 3.99. The summed E-state index contributed by atoms with van der Waals surface area (Å²) < 4.78 is 5.34. The molecule has 5 heteroatoms. The lowest BCUT2D eigenvalue weighted by Crippen LogP contribution is -2.35. The summed E-state index contributed by atoms with van der Waals surface area (Å²) in [6.07, 6.45) is 2.54. The predicted octanol–water partition coefficient (Wildman–Crippen LogP) is 2.09. The van der Waals surface area contributed by atoms with Gasteiger partial charge in [-0.2, -0.15) is 0 Å². The Labute approximate surface area is 119 Å². The SMILES string of the molecule is Cc1ccncc1[C@@H]1CN(C(=O)OC(C)(C)C)C[C@H]1O. The molecule has 1 saturated heterocycles. The Morgan fingerprint density at radius 2 is 2.15 bits per heavy atom. The molecule has 110 valence electrons. The number of hydrogen-bond donors (Lipinski definition) is 1. The molecule has 0 aromatic carbocycles. The van der Waals surface area contributed by atoms with Crippen molar-refractivity contribution < 1.29 is 14.6 Å². The van der Waals surface area contributed by atoms with E-state index in [-0.39, 0.29) is 12.0 Å². The van der Waals surface area contributed by atoms with E-state index in [4.69, 9.17) is 4.74 Å². The zero-order valence-electron chi connectivity index (χ0n) is 12.5. The lowest BCUT2D eigenvalue weighted by atomic mass is 9.94. The zero-order valence-corrected chi connectivity index (χ0v) is 12.5. The highest BCUT2D eigenvalue weighted by atomic mass is 16.6. The average Bonchev–Trinajstić information content (AvgIpc) is 2.70. The van der Waals surface area contributed by atoms with Crippen molar-refractivity contribution in [1.82, 2.24) is 9.88 Å². The molecule has 0 radical (unpaired) electrons. The third-order valence-electron chi connectivity index (χ3n) is 3.42. The van der Waals surface area contributed by atoms with Crippen LogP contribution in [0.1, 0.15) is 37.8 Å². The van der Waals surface area contributed by atoms with Gasteiger partial charge in [0.25, 0.3) is 0 Å². The van der Waals surface area contributed by atoms with Gasteiger partial charge >= 0.3 is 6.09 Å². The van der Waals surface area contributed by atoms with Crippen LogP contribution in [0.25, 0.3) is 0 Å². The summed E-state index contributed by atoms with van der Waals surface area (Å²) in [6, 6.07) is 1.91. The molecule has 0 aliphatic carbocycles. The number of aromatic nitrogens is 1. The predicted molar refractivity (Wildman–Crippen MR) is 75.5 cm³/mol. The number of pyridine rings is 1. The van der Waals surface area contributed by atoms with Gasteiger partial charge in [-0.05, 0) is 44.9 Å². The maximum absolute atomic E-state index is 12.0. The zero-order chi connectivity index (χ0) is 14.9. The Hall–Kier alpha value is -1.62. The van der Waals surface area contributed by atoms with Crippen molar-refractivity contribution in [3.05, 3.63) is 29.6 Å². The molecule has 0 spiro atoms. The van der Waals surface area contributed by atoms with Crippen molar-refractivity contribution >= 4 is 6.09 Å². The fraction of sp³-hybridized carbons (Fsp3) is 0.600. The molecule has 1 fully saturated rings. The normalized spacial score (nSPS) is 22.9. The molecule has 1 N–H and O–H groups in total. The molecule has 0 unspecified atom stereocenters. The minimum Gasteiger partial charge on any atom is -0.444 e. The van der Waals surface area contributed by atoms with Gasteiger partial charge in [-0.25, -0.2) is 4.79 Å². The molecule has 2 heterocycles. The molecular weight excluding hydrogens is 256 g/mol. The van der Waals surface area contributed by atoms with E-state index in [0.29, 0.717) is 13.1 Å². The Morgan fingerprint density at radius 3 is 2.75 bits per heavy atom. The number of aliphatic hydroxyl groups excluding tert-OH is 1. The van der Waals surface area contributed by atoms with Gasteiger partial charge in [0, 0.05) is 24.9 Å². The molecular formula is C15H22N2O3. The van der Waals surface area contributed by atoms with Gasteiger partial charge in [-0.1, -0.05) is 0 Å². The summed E-state index contributed by atoms with van der Waals surface area (Å²) in [5, 5.41) is 10.2. The van der Waals surface area contributed by atoms with E-state index in [1.807, 2.05) is 33.8 Å². The number of likely N-dealkylation sites (tertiary alicyclic amines) is 1. The van der Waals surface area contributed by atoms with Gasteiger partial charge in [-0.3, -0.25) is 4.98 Å². The van der Waals surface area contributed by atoms with E-state index >= 15 is 0 Å². The maximum Gasteiger partial charge on any atom is 0.410 e. The monoisotopic (exact) mass is 278 g/mol.